The molecule has 1 heterocycles. The van der Waals surface area contributed by atoms with E-state index in [1.165, 1.54) is 12.0 Å². The van der Waals surface area contributed by atoms with Crippen LogP contribution >= 0.6 is 0 Å². The van der Waals surface area contributed by atoms with Gasteiger partial charge in [-0.25, -0.2) is 9.59 Å². The van der Waals surface area contributed by atoms with E-state index in [1.807, 2.05) is 35.2 Å². The molecule has 0 unspecified atom stereocenters. The van der Waals surface area contributed by atoms with Crippen LogP contribution in [-0.2, 0) is 20.9 Å². The molecule has 2 rings (SSSR count). The lowest BCUT2D eigenvalue weighted by atomic mass is 10.2. The van der Waals surface area contributed by atoms with Gasteiger partial charge in [0.15, 0.2) is 0 Å². The number of carbonyl (C=O) groups is 2. The number of methoxy groups -OCH3 is 1. The van der Waals surface area contributed by atoms with Crippen molar-refractivity contribution in [2.75, 3.05) is 39.9 Å². The highest BCUT2D eigenvalue weighted by Gasteiger charge is 2.36. The lowest BCUT2D eigenvalue weighted by molar-refractivity contribution is -0.148. The monoisotopic (exact) mass is 322 g/mol. The van der Waals surface area contributed by atoms with Crippen molar-refractivity contribution in [1.29, 1.82) is 0 Å². The summed E-state index contributed by atoms with van der Waals surface area (Å²) in [4.78, 5) is 27.6. The number of amides is 1. The normalized spacial score (nSPS) is 18.5. The molecule has 7 heteroatoms. The molecule has 0 aromatic heterocycles. The van der Waals surface area contributed by atoms with Gasteiger partial charge >= 0.3 is 12.1 Å². The summed E-state index contributed by atoms with van der Waals surface area (Å²) < 4.78 is 10.1. The maximum atomic E-state index is 12.3. The van der Waals surface area contributed by atoms with Crippen LogP contribution in [0.15, 0.2) is 30.3 Å². The van der Waals surface area contributed by atoms with Gasteiger partial charge in [-0.1, -0.05) is 30.3 Å². The van der Waals surface area contributed by atoms with Crippen LogP contribution in [-0.4, -0.2) is 72.9 Å². The molecule has 1 aromatic carbocycles. The number of rotatable bonds is 5. The van der Waals surface area contributed by atoms with Crippen LogP contribution in [0, 0.1) is 0 Å². The maximum absolute atomic E-state index is 12.3. The van der Waals surface area contributed by atoms with Crippen LogP contribution in [0.2, 0.25) is 0 Å². The van der Waals surface area contributed by atoms with Crippen molar-refractivity contribution < 1.29 is 24.2 Å². The van der Waals surface area contributed by atoms with Crippen LogP contribution < -0.4 is 0 Å². The molecule has 1 N–H and O–H groups in total. The van der Waals surface area contributed by atoms with Crippen molar-refractivity contribution in [1.82, 2.24) is 9.80 Å². The van der Waals surface area contributed by atoms with Crippen molar-refractivity contribution in [2.24, 2.45) is 0 Å². The zero-order valence-corrected chi connectivity index (χ0v) is 13.2. The lowest BCUT2D eigenvalue weighted by Crippen LogP contribution is -2.58. The van der Waals surface area contributed by atoms with Crippen molar-refractivity contribution in [2.45, 2.75) is 12.6 Å². The highest BCUT2D eigenvalue weighted by atomic mass is 16.6. The van der Waals surface area contributed by atoms with Gasteiger partial charge in [0.05, 0.1) is 13.7 Å². The minimum atomic E-state index is -0.719. The van der Waals surface area contributed by atoms with Gasteiger partial charge in [-0.3, -0.25) is 9.80 Å². The second-order valence-corrected chi connectivity index (χ2v) is 5.30. The maximum Gasteiger partial charge on any atom is 0.410 e. The molecular weight excluding hydrogens is 300 g/mol. The standard InChI is InChI=1S/C16H22N2O5/c1-22-15(20)14-11-17(9-10-19)7-8-18(14)16(21)23-12-13-5-3-2-4-6-13/h2-6,14,19H,7-12H2,1H3/t14-/m1/s1. The SMILES string of the molecule is COC(=O)[C@H]1CN(CCO)CCN1C(=O)OCc1ccccc1. The van der Waals surface area contributed by atoms with Crippen molar-refractivity contribution in [3.05, 3.63) is 35.9 Å². The minimum absolute atomic E-state index is 0.00630. The zero-order valence-electron chi connectivity index (χ0n) is 13.2. The molecular formula is C16H22N2O5. The number of aliphatic hydroxyl groups excluding tert-OH is 1. The summed E-state index contributed by atoms with van der Waals surface area (Å²) in [5, 5.41) is 9.02. The number of piperazine rings is 1. The summed E-state index contributed by atoms with van der Waals surface area (Å²) in [6, 6.07) is 8.64. The molecule has 1 atom stereocenters. The molecule has 23 heavy (non-hydrogen) atoms. The zero-order chi connectivity index (χ0) is 16.7. The molecule has 1 aliphatic rings. The second-order valence-electron chi connectivity index (χ2n) is 5.30. The van der Waals surface area contributed by atoms with Crippen LogP contribution in [0.3, 0.4) is 0 Å². The fourth-order valence-electron chi connectivity index (χ4n) is 2.54. The highest BCUT2D eigenvalue weighted by molar-refractivity contribution is 5.82. The van der Waals surface area contributed by atoms with Crippen molar-refractivity contribution >= 4 is 12.1 Å². The first-order valence-electron chi connectivity index (χ1n) is 7.54. The number of ether oxygens (including phenoxy) is 2. The Hall–Kier alpha value is -2.12. The van der Waals surface area contributed by atoms with E-state index in [1.54, 1.807) is 0 Å². The number of esters is 1. The van der Waals surface area contributed by atoms with Gasteiger partial charge in [0.25, 0.3) is 0 Å². The molecule has 1 fully saturated rings. The fourth-order valence-corrected chi connectivity index (χ4v) is 2.54. The average molecular weight is 322 g/mol. The number of carbonyl (C=O) groups excluding carboxylic acids is 2. The first-order valence-corrected chi connectivity index (χ1v) is 7.54. The van der Waals surface area contributed by atoms with E-state index < -0.39 is 18.1 Å². The Morgan fingerprint density at radius 3 is 2.65 bits per heavy atom. The Balaban J connectivity index is 1.97. The molecule has 0 saturated carbocycles. The molecule has 1 aliphatic heterocycles. The van der Waals surface area contributed by atoms with Gasteiger partial charge in [-0.05, 0) is 5.56 Å². The van der Waals surface area contributed by atoms with E-state index in [-0.39, 0.29) is 13.2 Å². The van der Waals surface area contributed by atoms with Gasteiger partial charge in [-0.15, -0.1) is 0 Å². The molecule has 0 aliphatic carbocycles. The van der Waals surface area contributed by atoms with E-state index in [2.05, 4.69) is 0 Å². The Bertz CT molecular complexity index is 522. The predicted octanol–water partition coefficient (Wildman–Crippen LogP) is 0.475. The number of hydrogen-bond donors (Lipinski definition) is 1. The van der Waals surface area contributed by atoms with Crippen LogP contribution in [0.1, 0.15) is 5.56 Å². The Kier molecular flexibility index (Phi) is 6.37. The molecule has 7 nitrogen and oxygen atoms in total. The van der Waals surface area contributed by atoms with Gasteiger partial charge in [-0.2, -0.15) is 0 Å². The molecule has 1 saturated heterocycles. The first kappa shape index (κ1) is 17.2. The Morgan fingerprint density at radius 2 is 2.00 bits per heavy atom. The van der Waals surface area contributed by atoms with Gasteiger partial charge in [0, 0.05) is 26.2 Å². The second kappa shape index (κ2) is 8.50. The summed E-state index contributed by atoms with van der Waals surface area (Å²) in [7, 11) is 1.29. The summed E-state index contributed by atoms with van der Waals surface area (Å²) in [6.07, 6.45) is -0.534. The van der Waals surface area contributed by atoms with Crippen LogP contribution in [0.25, 0.3) is 0 Å². The number of benzene rings is 1. The summed E-state index contributed by atoms with van der Waals surface area (Å²) in [5.74, 6) is -0.482. The van der Waals surface area contributed by atoms with E-state index in [0.717, 1.165) is 5.56 Å². The molecule has 1 aromatic rings. The largest absolute Gasteiger partial charge is 0.467 e. The third-order valence-corrected chi connectivity index (χ3v) is 3.79. The third kappa shape index (κ3) is 4.67. The van der Waals surface area contributed by atoms with Gasteiger partial charge in [0.2, 0.25) is 0 Å². The minimum Gasteiger partial charge on any atom is -0.467 e. The van der Waals surface area contributed by atoms with Crippen LogP contribution in [0.5, 0.6) is 0 Å². The molecule has 0 radical (unpaired) electrons. The molecule has 0 spiro atoms. The van der Waals surface area contributed by atoms with E-state index in [0.29, 0.717) is 26.2 Å². The number of aliphatic hydroxyl groups is 1. The topological polar surface area (TPSA) is 79.3 Å². The van der Waals surface area contributed by atoms with Crippen molar-refractivity contribution in [3.8, 4) is 0 Å². The summed E-state index contributed by atoms with van der Waals surface area (Å²) >= 11 is 0. The molecule has 1 amide bonds. The van der Waals surface area contributed by atoms with E-state index in [4.69, 9.17) is 14.6 Å². The average Bonchev–Trinajstić information content (AvgIpc) is 2.60. The number of β-amino-alcohol motifs (C(OH)–C–C–N with tert-alkyl or cyclic N) is 1. The highest BCUT2D eigenvalue weighted by Crippen LogP contribution is 2.14. The summed E-state index contributed by atoms with van der Waals surface area (Å²) in [5.41, 5.74) is 0.884. The van der Waals surface area contributed by atoms with E-state index >= 15 is 0 Å². The van der Waals surface area contributed by atoms with E-state index in [9.17, 15) is 9.59 Å². The fraction of sp³-hybridized carbons (Fsp3) is 0.500. The van der Waals surface area contributed by atoms with Gasteiger partial charge in [0.1, 0.15) is 12.6 Å². The Morgan fingerprint density at radius 1 is 1.26 bits per heavy atom. The first-order chi connectivity index (χ1) is 11.2. The van der Waals surface area contributed by atoms with Crippen molar-refractivity contribution in [3.63, 3.8) is 0 Å². The number of hydrogen-bond acceptors (Lipinski definition) is 6. The quantitative estimate of drug-likeness (QED) is 0.794. The lowest BCUT2D eigenvalue weighted by Gasteiger charge is -2.38. The van der Waals surface area contributed by atoms with Gasteiger partial charge < -0.3 is 14.6 Å². The molecule has 126 valence electrons. The smallest absolute Gasteiger partial charge is 0.410 e. The molecule has 0 bridgehead atoms. The summed E-state index contributed by atoms with van der Waals surface area (Å²) in [6.45, 7) is 1.88. The third-order valence-electron chi connectivity index (χ3n) is 3.79. The van der Waals surface area contributed by atoms with Crippen LogP contribution in [0.4, 0.5) is 4.79 Å². The predicted molar refractivity (Wildman–Crippen MR) is 82.7 cm³/mol. The Labute approximate surface area is 135 Å². The number of nitrogens with zero attached hydrogens (tertiary/aromatic N) is 2.